The van der Waals surface area contributed by atoms with Gasteiger partial charge in [-0.3, -0.25) is 4.98 Å². The molecule has 0 bridgehead atoms. The number of pyridine rings is 1. The van der Waals surface area contributed by atoms with E-state index in [1.54, 1.807) is 7.11 Å². The van der Waals surface area contributed by atoms with E-state index in [0.29, 0.717) is 12.4 Å². The molecule has 0 atom stereocenters. The maximum absolute atomic E-state index is 6.07. The van der Waals surface area contributed by atoms with Crippen molar-refractivity contribution in [3.05, 3.63) is 23.5 Å². The predicted octanol–water partition coefficient (Wildman–Crippen LogP) is 3.29. The van der Waals surface area contributed by atoms with Gasteiger partial charge >= 0.3 is 0 Å². The smallest absolute Gasteiger partial charge is 0.122 e. The van der Waals surface area contributed by atoms with Crippen LogP contribution >= 0.6 is 11.6 Å². The van der Waals surface area contributed by atoms with Crippen molar-refractivity contribution >= 4 is 11.6 Å². The summed E-state index contributed by atoms with van der Waals surface area (Å²) in [6.45, 7) is 7.00. The first-order valence-corrected chi connectivity index (χ1v) is 6.95. The Balaban J connectivity index is 2.76. The molecule has 0 aliphatic heterocycles. The van der Waals surface area contributed by atoms with Crippen molar-refractivity contribution < 1.29 is 4.74 Å². The lowest BCUT2D eigenvalue weighted by Gasteiger charge is -2.30. The molecule has 1 heterocycles. The van der Waals surface area contributed by atoms with Crippen LogP contribution in [0.5, 0.6) is 5.75 Å². The Labute approximate surface area is 115 Å². The topological polar surface area (TPSA) is 34.1 Å². The third-order valence-corrected chi connectivity index (χ3v) is 3.98. The van der Waals surface area contributed by atoms with Crippen LogP contribution < -0.4 is 10.1 Å². The average Bonchev–Trinajstić information content (AvgIpc) is 2.40. The normalized spacial score (nSPS) is 11.6. The number of nitrogens with zero attached hydrogens (tertiary/aromatic N) is 1. The molecule has 0 radical (unpaired) electrons. The predicted molar refractivity (Wildman–Crippen MR) is 76.4 cm³/mol. The maximum atomic E-state index is 6.07. The van der Waals surface area contributed by atoms with E-state index >= 15 is 0 Å². The number of nitrogens with one attached hydrogen (secondary N) is 1. The number of methoxy groups -OCH3 is 1. The van der Waals surface area contributed by atoms with Crippen molar-refractivity contribution in [2.45, 2.75) is 45.7 Å². The molecule has 0 aromatic carbocycles. The molecule has 0 fully saturated rings. The number of rotatable bonds is 7. The van der Waals surface area contributed by atoms with Crippen LogP contribution in [0.3, 0.4) is 0 Å². The second kappa shape index (κ2) is 6.95. The first-order valence-electron chi connectivity index (χ1n) is 6.41. The summed E-state index contributed by atoms with van der Waals surface area (Å²) in [6.07, 6.45) is 2.02. The number of ether oxygens (including phenoxy) is 1. The molecule has 0 unspecified atom stereocenters. The highest BCUT2D eigenvalue weighted by Crippen LogP contribution is 2.19. The van der Waals surface area contributed by atoms with Gasteiger partial charge in [-0.2, -0.15) is 0 Å². The minimum atomic E-state index is 0.000215. The van der Waals surface area contributed by atoms with E-state index in [-0.39, 0.29) is 5.54 Å². The fraction of sp³-hybridized carbons (Fsp3) is 0.643. The summed E-state index contributed by atoms with van der Waals surface area (Å²) in [6, 6.07) is 3.89. The van der Waals surface area contributed by atoms with Crippen molar-refractivity contribution in [3.63, 3.8) is 0 Å². The Bertz CT molecular complexity index is 370. The monoisotopic (exact) mass is 270 g/mol. The van der Waals surface area contributed by atoms with E-state index < -0.39 is 0 Å². The quantitative estimate of drug-likeness (QED) is 0.772. The second-order valence-corrected chi connectivity index (χ2v) is 4.88. The fourth-order valence-corrected chi connectivity index (χ4v) is 2.40. The van der Waals surface area contributed by atoms with Crippen LogP contribution in [0.15, 0.2) is 12.1 Å². The summed E-state index contributed by atoms with van der Waals surface area (Å²) in [5.41, 5.74) is 1.96. The Hall–Kier alpha value is -0.800. The summed E-state index contributed by atoms with van der Waals surface area (Å²) in [7, 11) is 1.67. The molecule has 0 amide bonds. The molecule has 0 aliphatic carbocycles. The summed E-state index contributed by atoms with van der Waals surface area (Å²) in [5.74, 6) is 1.46. The van der Waals surface area contributed by atoms with Crippen molar-refractivity contribution in [1.82, 2.24) is 10.3 Å². The van der Waals surface area contributed by atoms with E-state index in [1.165, 1.54) is 0 Å². The molecule has 4 heteroatoms. The number of aromatic nitrogens is 1. The number of alkyl halides is 1. The zero-order valence-corrected chi connectivity index (χ0v) is 12.5. The molecule has 0 aliphatic rings. The zero-order valence-electron chi connectivity index (χ0n) is 11.7. The Morgan fingerprint density at radius 2 is 2.00 bits per heavy atom. The van der Waals surface area contributed by atoms with Crippen molar-refractivity contribution in [2.24, 2.45) is 0 Å². The Morgan fingerprint density at radius 1 is 1.33 bits per heavy atom. The van der Waals surface area contributed by atoms with Crippen LogP contribution in [0, 0.1) is 6.92 Å². The van der Waals surface area contributed by atoms with Gasteiger partial charge < -0.3 is 10.1 Å². The van der Waals surface area contributed by atoms with Crippen LogP contribution in [0.1, 0.15) is 38.1 Å². The lowest BCUT2D eigenvalue weighted by Crippen LogP contribution is -2.45. The van der Waals surface area contributed by atoms with Crippen LogP contribution in [-0.4, -0.2) is 23.5 Å². The molecule has 1 N–H and O–H groups in total. The van der Waals surface area contributed by atoms with Gasteiger partial charge in [0.1, 0.15) is 5.75 Å². The molecule has 102 valence electrons. The van der Waals surface area contributed by atoms with E-state index in [1.807, 2.05) is 19.1 Å². The van der Waals surface area contributed by atoms with Crippen LogP contribution in [0.4, 0.5) is 0 Å². The summed E-state index contributed by atoms with van der Waals surface area (Å²) >= 11 is 6.07. The maximum Gasteiger partial charge on any atom is 0.122 e. The minimum Gasteiger partial charge on any atom is -0.497 e. The Morgan fingerprint density at radius 3 is 2.50 bits per heavy atom. The second-order valence-electron chi connectivity index (χ2n) is 4.61. The molecule has 3 nitrogen and oxygen atoms in total. The van der Waals surface area contributed by atoms with Gasteiger partial charge in [0, 0.05) is 35.8 Å². The van der Waals surface area contributed by atoms with Gasteiger partial charge in [0.25, 0.3) is 0 Å². The van der Waals surface area contributed by atoms with Crippen molar-refractivity contribution in [2.75, 3.05) is 13.0 Å². The molecular formula is C14H23ClN2O. The minimum absolute atomic E-state index is 0.000215. The van der Waals surface area contributed by atoms with Gasteiger partial charge in [0.2, 0.25) is 0 Å². The van der Waals surface area contributed by atoms with Gasteiger partial charge in [-0.05, 0) is 19.8 Å². The zero-order chi connectivity index (χ0) is 13.6. The lowest BCUT2D eigenvalue weighted by molar-refractivity contribution is 0.332. The van der Waals surface area contributed by atoms with Crippen LogP contribution in [0.25, 0.3) is 0 Å². The third-order valence-electron chi connectivity index (χ3n) is 3.47. The van der Waals surface area contributed by atoms with Gasteiger partial charge in [-0.15, -0.1) is 11.6 Å². The first kappa shape index (κ1) is 15.3. The Kier molecular flexibility index (Phi) is 5.89. The molecule has 0 spiro atoms. The van der Waals surface area contributed by atoms with Gasteiger partial charge in [-0.1, -0.05) is 13.8 Å². The average molecular weight is 271 g/mol. The summed E-state index contributed by atoms with van der Waals surface area (Å²) < 4.78 is 5.25. The molecule has 0 saturated heterocycles. The highest BCUT2D eigenvalue weighted by molar-refractivity contribution is 6.18. The summed E-state index contributed by atoms with van der Waals surface area (Å²) in [4.78, 5) is 4.50. The van der Waals surface area contributed by atoms with E-state index in [2.05, 4.69) is 24.1 Å². The molecule has 0 saturated carbocycles. The molecular weight excluding hydrogens is 248 g/mol. The highest BCUT2D eigenvalue weighted by Gasteiger charge is 2.24. The number of halogens is 1. The van der Waals surface area contributed by atoms with Crippen LogP contribution in [-0.2, 0) is 6.54 Å². The van der Waals surface area contributed by atoms with Gasteiger partial charge in [-0.25, -0.2) is 0 Å². The van der Waals surface area contributed by atoms with E-state index in [0.717, 1.165) is 30.0 Å². The van der Waals surface area contributed by atoms with Crippen LogP contribution in [0.2, 0.25) is 0 Å². The summed E-state index contributed by atoms with van der Waals surface area (Å²) in [5, 5.41) is 3.53. The van der Waals surface area contributed by atoms with Gasteiger partial charge in [0.05, 0.1) is 12.8 Å². The van der Waals surface area contributed by atoms with Crippen molar-refractivity contribution in [3.8, 4) is 5.75 Å². The number of hydrogen-bond acceptors (Lipinski definition) is 3. The standard InChI is InChI=1S/C14H23ClN2O/c1-5-14(6-2,10-15)16-9-12-8-13(18-4)7-11(3)17-12/h7-8,16H,5-6,9-10H2,1-4H3. The van der Waals surface area contributed by atoms with Gasteiger partial charge in [0.15, 0.2) is 0 Å². The van der Waals surface area contributed by atoms with Crippen molar-refractivity contribution in [1.29, 1.82) is 0 Å². The third kappa shape index (κ3) is 3.85. The first-order chi connectivity index (χ1) is 8.59. The molecule has 1 aromatic heterocycles. The fourth-order valence-electron chi connectivity index (χ4n) is 1.93. The number of aryl methyl sites for hydroxylation is 1. The lowest BCUT2D eigenvalue weighted by atomic mass is 9.95. The molecule has 1 aromatic rings. The van der Waals surface area contributed by atoms with E-state index in [9.17, 15) is 0 Å². The van der Waals surface area contributed by atoms with E-state index in [4.69, 9.17) is 16.3 Å². The number of hydrogen-bond donors (Lipinski definition) is 1. The SMILES string of the molecule is CCC(CC)(CCl)NCc1cc(OC)cc(C)n1. The highest BCUT2D eigenvalue weighted by atomic mass is 35.5. The largest absolute Gasteiger partial charge is 0.497 e. The molecule has 18 heavy (non-hydrogen) atoms. The molecule has 1 rings (SSSR count).